The van der Waals surface area contributed by atoms with Gasteiger partial charge in [-0.3, -0.25) is 5.32 Å². The largest absolute Gasteiger partial charge is 0.453 e. The number of nitrogens with one attached hydrogen (secondary N) is 3. The Hall–Kier alpha value is -3.80. The van der Waals surface area contributed by atoms with E-state index in [1.54, 1.807) is 0 Å². The Morgan fingerprint density at radius 1 is 1.07 bits per heavy atom. The zero-order chi connectivity index (χ0) is 19.1. The highest BCUT2D eigenvalue weighted by atomic mass is 16.5. The van der Waals surface area contributed by atoms with Gasteiger partial charge >= 0.3 is 6.09 Å². The molecule has 28 heavy (non-hydrogen) atoms. The Balaban J connectivity index is 1.63. The van der Waals surface area contributed by atoms with Crippen LogP contribution in [0.4, 0.5) is 16.2 Å². The van der Waals surface area contributed by atoms with Crippen molar-refractivity contribution in [3.63, 3.8) is 0 Å². The van der Waals surface area contributed by atoms with Gasteiger partial charge in [-0.1, -0.05) is 30.3 Å². The minimum Gasteiger partial charge on any atom is -0.453 e. The molecule has 1 amide bonds. The number of fused-ring (bicyclic) bond motifs is 2. The summed E-state index contributed by atoms with van der Waals surface area (Å²) in [6.07, 6.45) is 3.37. The van der Waals surface area contributed by atoms with Crippen LogP contribution in [-0.4, -0.2) is 23.2 Å². The third-order valence-electron chi connectivity index (χ3n) is 5.11. The van der Waals surface area contributed by atoms with Crippen molar-refractivity contribution in [1.82, 2.24) is 9.97 Å². The number of para-hydroxylation sites is 1. The molecule has 1 aliphatic heterocycles. The molecule has 1 unspecified atom stereocenters. The minimum atomic E-state index is -0.485. The lowest BCUT2D eigenvalue weighted by atomic mass is 9.97. The number of carbonyl (C=O) groups is 1. The van der Waals surface area contributed by atoms with Crippen LogP contribution in [0.15, 0.2) is 67.0 Å². The molecule has 0 saturated heterocycles. The predicted molar refractivity (Wildman–Crippen MR) is 109 cm³/mol. The van der Waals surface area contributed by atoms with Crippen LogP contribution in [0.5, 0.6) is 0 Å². The summed E-state index contributed by atoms with van der Waals surface area (Å²) in [5, 5.41) is 7.49. The van der Waals surface area contributed by atoms with Crippen molar-refractivity contribution in [2.75, 3.05) is 17.7 Å². The predicted octanol–water partition coefficient (Wildman–Crippen LogP) is 4.92. The van der Waals surface area contributed by atoms with E-state index < -0.39 is 6.09 Å². The standard InChI is InChI=1S/C22H18N4O2/c1-28-22(27)25-14-8-6-13(7-9-14)20-17-12-24-21-19(17)16(10-11-23-21)15-4-2-3-5-18(15)26-20/h2-12,20,26H,1H3,(H,23,24)(H,25,27). The van der Waals surface area contributed by atoms with E-state index in [1.807, 2.05) is 48.8 Å². The van der Waals surface area contributed by atoms with Crippen LogP contribution in [0.2, 0.25) is 0 Å². The lowest BCUT2D eigenvalue weighted by Gasteiger charge is -2.20. The summed E-state index contributed by atoms with van der Waals surface area (Å²) in [7, 11) is 1.35. The highest BCUT2D eigenvalue weighted by Crippen LogP contribution is 2.43. The van der Waals surface area contributed by atoms with Gasteiger partial charge in [0.1, 0.15) is 5.65 Å². The molecule has 3 heterocycles. The van der Waals surface area contributed by atoms with Crippen LogP contribution in [0, 0.1) is 0 Å². The van der Waals surface area contributed by atoms with Crippen molar-refractivity contribution in [3.8, 4) is 11.1 Å². The Kier molecular flexibility index (Phi) is 3.76. The van der Waals surface area contributed by atoms with Crippen LogP contribution >= 0.6 is 0 Å². The fourth-order valence-corrected chi connectivity index (χ4v) is 3.80. The number of benzene rings is 2. The molecule has 3 N–H and O–H groups in total. The number of ether oxygens (including phenoxy) is 1. The highest BCUT2D eigenvalue weighted by molar-refractivity contribution is 6.01. The average Bonchev–Trinajstić information content (AvgIpc) is 3.10. The number of H-pyrrole nitrogens is 1. The minimum absolute atomic E-state index is 0.0486. The van der Waals surface area contributed by atoms with Gasteiger partial charge in [0, 0.05) is 40.3 Å². The second-order valence-corrected chi connectivity index (χ2v) is 6.69. The topological polar surface area (TPSA) is 79.0 Å². The monoisotopic (exact) mass is 370 g/mol. The summed E-state index contributed by atoms with van der Waals surface area (Å²) < 4.78 is 4.65. The van der Waals surface area contributed by atoms with E-state index in [2.05, 4.69) is 43.5 Å². The number of aromatic amines is 1. The van der Waals surface area contributed by atoms with Crippen molar-refractivity contribution in [1.29, 1.82) is 0 Å². The summed E-state index contributed by atoms with van der Waals surface area (Å²) in [6.45, 7) is 0. The molecule has 2 aromatic carbocycles. The summed E-state index contributed by atoms with van der Waals surface area (Å²) >= 11 is 0. The Morgan fingerprint density at radius 2 is 1.89 bits per heavy atom. The van der Waals surface area contributed by atoms with Crippen LogP contribution in [0.3, 0.4) is 0 Å². The quantitative estimate of drug-likeness (QED) is 0.468. The molecular weight excluding hydrogens is 352 g/mol. The van der Waals surface area contributed by atoms with Crippen LogP contribution in [-0.2, 0) is 4.74 Å². The lowest BCUT2D eigenvalue weighted by molar-refractivity contribution is 0.187. The number of pyridine rings is 1. The van der Waals surface area contributed by atoms with E-state index in [4.69, 9.17) is 0 Å². The molecule has 0 bridgehead atoms. The molecule has 0 spiro atoms. The van der Waals surface area contributed by atoms with Gasteiger partial charge in [0.05, 0.1) is 13.2 Å². The number of carbonyl (C=O) groups excluding carboxylic acids is 1. The van der Waals surface area contributed by atoms with Gasteiger partial charge in [-0.05, 0) is 35.4 Å². The summed E-state index contributed by atoms with van der Waals surface area (Å²) in [6, 6.07) is 18.1. The van der Waals surface area contributed by atoms with Crippen molar-refractivity contribution in [3.05, 3.63) is 78.1 Å². The maximum Gasteiger partial charge on any atom is 0.411 e. The van der Waals surface area contributed by atoms with E-state index >= 15 is 0 Å². The van der Waals surface area contributed by atoms with Crippen LogP contribution in [0.1, 0.15) is 17.2 Å². The van der Waals surface area contributed by atoms with Crippen LogP contribution in [0.25, 0.3) is 22.2 Å². The molecular formula is C22H18N4O2. The first kappa shape index (κ1) is 16.4. The van der Waals surface area contributed by atoms with E-state index in [1.165, 1.54) is 7.11 Å². The summed E-state index contributed by atoms with van der Waals surface area (Å²) in [5.41, 5.74) is 7.18. The Morgan fingerprint density at radius 3 is 2.71 bits per heavy atom. The van der Waals surface area contributed by atoms with Crippen LogP contribution < -0.4 is 10.6 Å². The Labute approximate surface area is 161 Å². The average molecular weight is 370 g/mol. The normalized spacial score (nSPS) is 14.7. The first-order chi connectivity index (χ1) is 13.7. The fraction of sp³-hybridized carbons (Fsp3) is 0.0909. The van der Waals surface area contributed by atoms with Gasteiger partial charge in [0.2, 0.25) is 0 Å². The molecule has 4 aromatic rings. The third kappa shape index (κ3) is 2.58. The second kappa shape index (κ2) is 6.42. The van der Waals surface area contributed by atoms with E-state index in [0.717, 1.165) is 39.0 Å². The zero-order valence-corrected chi connectivity index (χ0v) is 15.2. The molecule has 2 aromatic heterocycles. The third-order valence-corrected chi connectivity index (χ3v) is 5.11. The van der Waals surface area contributed by atoms with Crippen molar-refractivity contribution in [2.24, 2.45) is 0 Å². The molecule has 0 saturated carbocycles. The first-order valence-electron chi connectivity index (χ1n) is 9.01. The number of anilines is 2. The van der Waals surface area contributed by atoms with Gasteiger partial charge < -0.3 is 15.0 Å². The van der Waals surface area contributed by atoms with Crippen molar-refractivity contribution in [2.45, 2.75) is 6.04 Å². The van der Waals surface area contributed by atoms with Gasteiger partial charge in [-0.15, -0.1) is 0 Å². The highest BCUT2D eigenvalue weighted by Gasteiger charge is 2.25. The van der Waals surface area contributed by atoms with Crippen molar-refractivity contribution >= 4 is 28.5 Å². The molecule has 1 atom stereocenters. The molecule has 1 aliphatic rings. The van der Waals surface area contributed by atoms with Gasteiger partial charge in [-0.25, -0.2) is 9.78 Å². The number of hydrogen-bond donors (Lipinski definition) is 3. The molecule has 6 heteroatoms. The van der Waals surface area contributed by atoms with E-state index in [0.29, 0.717) is 5.69 Å². The number of rotatable bonds is 2. The smallest absolute Gasteiger partial charge is 0.411 e. The molecule has 0 aliphatic carbocycles. The van der Waals surface area contributed by atoms with Gasteiger partial charge in [0.15, 0.2) is 0 Å². The number of amides is 1. The molecule has 0 fully saturated rings. The SMILES string of the molecule is COC(=O)Nc1ccc(C2Nc3ccccc3-c3ccnc4[nH]cc2c34)cc1. The summed E-state index contributed by atoms with van der Waals surface area (Å²) in [5.74, 6) is 0. The molecule has 5 rings (SSSR count). The van der Waals surface area contributed by atoms with Gasteiger partial charge in [-0.2, -0.15) is 0 Å². The maximum absolute atomic E-state index is 11.4. The Bertz CT molecular complexity index is 1180. The zero-order valence-electron chi connectivity index (χ0n) is 15.2. The number of methoxy groups -OCH3 is 1. The number of aromatic nitrogens is 2. The fourth-order valence-electron chi connectivity index (χ4n) is 3.80. The van der Waals surface area contributed by atoms with Crippen molar-refractivity contribution < 1.29 is 9.53 Å². The number of hydrogen-bond acceptors (Lipinski definition) is 4. The maximum atomic E-state index is 11.4. The number of nitrogens with zero attached hydrogens (tertiary/aromatic N) is 1. The van der Waals surface area contributed by atoms with Gasteiger partial charge in [0.25, 0.3) is 0 Å². The van der Waals surface area contributed by atoms with E-state index in [9.17, 15) is 4.79 Å². The summed E-state index contributed by atoms with van der Waals surface area (Å²) in [4.78, 5) is 19.2. The molecule has 138 valence electrons. The lowest BCUT2D eigenvalue weighted by Crippen LogP contribution is -2.13. The molecule has 0 radical (unpaired) electrons. The first-order valence-corrected chi connectivity index (χ1v) is 9.01. The molecule has 6 nitrogen and oxygen atoms in total. The van der Waals surface area contributed by atoms with E-state index in [-0.39, 0.29) is 6.04 Å². The second-order valence-electron chi connectivity index (χ2n) is 6.69.